The molecule has 6 N–H and O–H groups in total. The van der Waals surface area contributed by atoms with Gasteiger partial charge in [0.05, 0.1) is 27.2 Å². The fraction of sp³-hybridized carbons (Fsp3) is 0.721. The van der Waals surface area contributed by atoms with Crippen LogP contribution >= 0.6 is 23.5 Å². The maximum absolute atomic E-state index is 14.2. The van der Waals surface area contributed by atoms with E-state index in [4.69, 9.17) is 13.5 Å². The standard InChI is InChI=1S/2C43H65NO7S.BH2.BH/c1-28-13-12-14-29(2)23-24-43(5)34(21-20-30(3)36(46)22-19-28)40(41(49)42(43)50)31(4)26-51-39(48)18-9-7-6-8-15-32(45)16-10-11-17-37-33-25-38(47)44-35(33)27-52-37;1-28-13-12-14-29(2)23-24-43(5)34(21-20-30(3)36(47)22-19-28)40(31(4)26-45)41(42(43)50)51-39(49)18-9-7-6-8-15-32(46)16-10-11-17-37-33-25-38(48)44-35(33)27-52-37;;/h13,20,23,31,33-37,46,49H,6-12,14-19,21-22,24-27H2,1-5H3,(H,44,47);13,20,23,31,33-37,45,47H,6-12,14-19,21-22,24-27H2,1-5H3,(H,44,48);1H2;1H/b2*28-13-,29-23+,30-20+;;/i;;1T2;1T. The van der Waals surface area contributed by atoms with Crippen molar-refractivity contribution in [3.05, 3.63) is 92.6 Å². The number of hydrogen-bond acceptors (Lipinski definition) is 16. The Hall–Kier alpha value is -5.01. The zero-order valence-corrected chi connectivity index (χ0v) is 67.7. The lowest BCUT2D eigenvalue weighted by molar-refractivity contribution is -0.145. The second-order valence-electron chi connectivity index (χ2n) is 32.7. The van der Waals surface area contributed by atoms with E-state index in [9.17, 15) is 58.8 Å². The van der Waals surface area contributed by atoms with Crippen LogP contribution in [0.25, 0.3) is 0 Å². The Balaban J connectivity index is 0.000000369. The van der Waals surface area contributed by atoms with Crippen molar-refractivity contribution in [3.63, 3.8) is 0 Å². The summed E-state index contributed by atoms with van der Waals surface area (Å²) in [4.78, 5) is 102. The smallest absolute Gasteiger partial charge is 0.311 e. The van der Waals surface area contributed by atoms with Gasteiger partial charge in [-0.3, -0.25) is 38.4 Å². The van der Waals surface area contributed by atoms with Gasteiger partial charge in [-0.2, -0.15) is 23.5 Å². The quantitative estimate of drug-likeness (QED) is 0.0169. The van der Waals surface area contributed by atoms with Gasteiger partial charge in [0.1, 0.15) is 11.6 Å². The molecule has 4 saturated heterocycles. The molecule has 14 unspecified atom stereocenters. The third kappa shape index (κ3) is 26.9. The highest BCUT2D eigenvalue weighted by atomic mass is 32.2. The van der Waals surface area contributed by atoms with Gasteiger partial charge in [-0.05, 0) is 196 Å². The summed E-state index contributed by atoms with van der Waals surface area (Å²) in [6.07, 6.45) is 36.8. The number of fused-ring (bicyclic) bond motifs is 4. The SMILES string of the molecule is C/C1=C/CC/C(C)=C/CC2(C)C(=O)C(O)=C(C(C)COC(=O)CCCCCCC(=O)CCCCC3SCC4NC(=O)CC43)C2C/C=C(\C)C(O)CC1.C/C1=C/CC/C(C)=C/CC2(C)C(=O)C(OC(=O)CCCCCCC(=O)CCCCC3SCC4NC(=O)CC43)=C(C(C)CO)C2C/C=C(\C)C(O)CC1.[3H][B].[3H][B][3H]. The van der Waals surface area contributed by atoms with Gasteiger partial charge >= 0.3 is 11.9 Å². The molecule has 4 fully saturated rings. The van der Waals surface area contributed by atoms with E-state index >= 15 is 0 Å². The van der Waals surface area contributed by atoms with Crippen molar-refractivity contribution >= 4 is 87.1 Å². The number of aliphatic hydroxyl groups is 4. The predicted octanol–water partition coefficient (Wildman–Crippen LogP) is 15.5. The van der Waals surface area contributed by atoms with Gasteiger partial charge in [-0.15, -0.1) is 0 Å². The van der Waals surface area contributed by atoms with Gasteiger partial charge in [-0.25, -0.2) is 0 Å². The lowest BCUT2D eigenvalue weighted by Gasteiger charge is -2.32. The summed E-state index contributed by atoms with van der Waals surface area (Å²) < 4.78 is 28.4. The largest absolute Gasteiger partial charge is 0.504 e. The van der Waals surface area contributed by atoms with E-state index in [1.807, 2.05) is 77.2 Å². The molecular formula is C86H133B2N2O14S2. The lowest BCUT2D eigenvalue weighted by atomic mass is 9.70. The first-order valence-electron chi connectivity index (χ1n) is 41.8. The Morgan fingerprint density at radius 1 is 0.575 bits per heavy atom. The molecule has 0 aromatic heterocycles. The number of esters is 2. The van der Waals surface area contributed by atoms with E-state index in [1.165, 1.54) is 22.3 Å². The fourth-order valence-electron chi connectivity index (χ4n) is 16.9. The normalized spacial score (nSPS) is 31.9. The van der Waals surface area contributed by atoms with Crippen LogP contribution in [-0.4, -0.2) is 148 Å². The van der Waals surface area contributed by atoms with E-state index in [-0.39, 0.29) is 84.2 Å². The van der Waals surface area contributed by atoms with Crippen LogP contribution in [0, 0.1) is 46.3 Å². The first kappa shape index (κ1) is 86.6. The summed E-state index contributed by atoms with van der Waals surface area (Å²) in [5, 5.41) is 50.5. The average Bonchev–Trinajstić information content (AvgIpc) is 1.61. The number of amides is 2. The maximum Gasteiger partial charge on any atom is 0.311 e. The van der Waals surface area contributed by atoms with Crippen LogP contribution in [0.3, 0.4) is 0 Å². The van der Waals surface area contributed by atoms with Crippen molar-refractivity contribution in [3.8, 4) is 0 Å². The molecule has 4 aliphatic carbocycles. The van der Waals surface area contributed by atoms with Crippen molar-refractivity contribution in [2.75, 3.05) is 24.7 Å². The van der Waals surface area contributed by atoms with E-state index in [0.29, 0.717) is 162 Å². The first-order valence-corrected chi connectivity index (χ1v) is 42.1. The monoisotopic (exact) mass is 1510 g/mol. The molecule has 0 aromatic carbocycles. The Labute approximate surface area is 652 Å². The third-order valence-electron chi connectivity index (χ3n) is 24.2. The molecular weight excluding hydrogens is 1370 g/mol. The zero-order valence-electron chi connectivity index (χ0n) is 69.1. The van der Waals surface area contributed by atoms with Gasteiger partial charge in [0.25, 0.3) is 0 Å². The minimum absolute atomic E-state index is 0.0907. The van der Waals surface area contributed by atoms with Crippen molar-refractivity contribution in [2.45, 2.75) is 322 Å². The lowest BCUT2D eigenvalue weighted by Crippen LogP contribution is -2.32. The van der Waals surface area contributed by atoms with E-state index in [1.54, 1.807) is 0 Å². The highest BCUT2D eigenvalue weighted by Gasteiger charge is 2.54. The Morgan fingerprint density at radius 3 is 1.43 bits per heavy atom. The molecule has 106 heavy (non-hydrogen) atoms. The van der Waals surface area contributed by atoms with Crippen LogP contribution in [0.5, 0.6) is 0 Å². The minimum atomic E-state index is -0.845. The number of ketones is 4. The molecule has 0 saturated carbocycles. The topological polar surface area (TPSA) is 260 Å². The van der Waals surface area contributed by atoms with Gasteiger partial charge in [0, 0.05) is 147 Å². The van der Waals surface area contributed by atoms with Crippen molar-refractivity contribution in [1.29, 1.82) is 4.01 Å². The first-order chi connectivity index (χ1) is 52.0. The molecule has 14 atom stereocenters. The van der Waals surface area contributed by atoms with Crippen LogP contribution in [0.15, 0.2) is 92.6 Å². The second kappa shape index (κ2) is 45.3. The summed E-state index contributed by atoms with van der Waals surface area (Å²) in [5.41, 5.74) is 6.37. The molecule has 3 radical (unpaired) electrons. The van der Waals surface area contributed by atoms with Crippen LogP contribution in [0.2, 0.25) is 0 Å². The molecule has 0 spiro atoms. The number of thioether (sulfide) groups is 2. The van der Waals surface area contributed by atoms with Crippen molar-refractivity contribution < 1.29 is 68.3 Å². The van der Waals surface area contributed by atoms with Crippen molar-refractivity contribution in [2.24, 2.45) is 46.3 Å². The molecule has 8 aliphatic rings. The Kier molecular flexibility index (Phi) is 37.0. The Morgan fingerprint density at radius 2 is 0.981 bits per heavy atom. The number of Topliss-reactive ketones (excluding diaryl/α,β-unsaturated/α-hetero) is 4. The predicted molar refractivity (Wildman–Crippen MR) is 433 cm³/mol. The molecule has 16 nitrogen and oxygen atoms in total. The number of allylic oxidation sites excluding steroid dienone is 12. The average molecular weight is 1510 g/mol. The highest BCUT2D eigenvalue weighted by molar-refractivity contribution is 8.00. The number of hydrogen-bond donors (Lipinski definition) is 6. The number of carbonyl (C=O) groups is 8. The number of carbonyl (C=O) groups excluding carboxylic acids is 8. The number of ether oxygens (including phenoxy) is 2. The fourth-order valence-corrected chi connectivity index (χ4v) is 20.2. The van der Waals surface area contributed by atoms with Crippen LogP contribution in [0.1, 0.15) is 288 Å². The number of rotatable bonds is 30. The number of aliphatic hydroxyl groups excluding tert-OH is 4. The summed E-state index contributed by atoms with van der Waals surface area (Å²) in [5.74, 6) is 1.40. The zero-order chi connectivity index (χ0) is 80.4. The van der Waals surface area contributed by atoms with E-state index in [2.05, 4.69) is 71.0 Å². The maximum atomic E-state index is 14.2. The highest BCUT2D eigenvalue weighted by Crippen LogP contribution is 2.53. The minimum Gasteiger partial charge on any atom is -0.504 e. The number of unbranched alkanes of at least 4 members (excludes halogenated alkanes) is 8. The van der Waals surface area contributed by atoms with Crippen molar-refractivity contribution in [1.82, 2.24) is 10.6 Å². The number of nitrogens with one attached hydrogen (secondary N) is 2. The van der Waals surface area contributed by atoms with Gasteiger partial charge in [0.2, 0.25) is 23.4 Å². The summed E-state index contributed by atoms with van der Waals surface area (Å²) >= 11 is 3.93. The molecule has 0 aromatic rings. The van der Waals surface area contributed by atoms with Gasteiger partial charge in [-0.1, -0.05) is 125 Å². The molecule has 2 amide bonds. The van der Waals surface area contributed by atoms with Gasteiger partial charge < -0.3 is 40.5 Å². The molecule has 8 rings (SSSR count). The van der Waals surface area contributed by atoms with Crippen LogP contribution in [0.4, 0.5) is 0 Å². The molecule has 589 valence electrons. The summed E-state index contributed by atoms with van der Waals surface area (Å²) in [6.45, 7) is 19.9. The molecule has 4 heterocycles. The summed E-state index contributed by atoms with van der Waals surface area (Å²) in [6, 6.07) is 0.690. The van der Waals surface area contributed by atoms with Gasteiger partial charge in [0.15, 0.2) is 11.5 Å². The van der Waals surface area contributed by atoms with Crippen LogP contribution in [-0.2, 0) is 47.8 Å². The molecule has 4 aliphatic heterocycles. The van der Waals surface area contributed by atoms with E-state index < -0.39 is 29.0 Å². The second-order valence-corrected chi connectivity index (χ2v) is 35.3. The van der Waals surface area contributed by atoms with E-state index in [0.717, 1.165) is 138 Å². The summed E-state index contributed by atoms with van der Waals surface area (Å²) in [7, 11) is 4.25. The van der Waals surface area contributed by atoms with Crippen LogP contribution < -0.4 is 10.6 Å². The Bertz CT molecular complexity index is 3300. The molecule has 20 heteroatoms. The third-order valence-corrected chi connectivity index (χ3v) is 27.4. The molecule has 0 bridgehead atoms.